The zero-order chi connectivity index (χ0) is 18.5. The maximum Gasteiger partial charge on any atom is 0.251 e. The van der Waals surface area contributed by atoms with Crippen LogP contribution in [0.5, 0.6) is 0 Å². The summed E-state index contributed by atoms with van der Waals surface area (Å²) < 4.78 is 0. The topological polar surface area (TPSA) is 80.9 Å². The zero-order valence-corrected chi connectivity index (χ0v) is 15.1. The number of nitrogens with zero attached hydrogens (tertiary/aromatic N) is 2. The molecule has 5 nitrogen and oxygen atoms in total. The summed E-state index contributed by atoms with van der Waals surface area (Å²) >= 11 is 5.82. The van der Waals surface area contributed by atoms with Crippen LogP contribution < -0.4 is 11.1 Å². The van der Waals surface area contributed by atoms with Gasteiger partial charge in [0.15, 0.2) is 0 Å². The lowest BCUT2D eigenvalue weighted by Crippen LogP contribution is -2.23. The molecule has 0 unspecified atom stereocenters. The third kappa shape index (κ3) is 4.45. The van der Waals surface area contributed by atoms with Crippen molar-refractivity contribution in [1.29, 1.82) is 0 Å². The van der Waals surface area contributed by atoms with Gasteiger partial charge in [0.05, 0.1) is 17.3 Å². The average Bonchev–Trinajstić information content (AvgIpc) is 2.67. The molecule has 1 aromatic carbocycles. The molecule has 0 saturated heterocycles. The Kier molecular flexibility index (Phi) is 5.61. The van der Waals surface area contributed by atoms with E-state index in [1.807, 2.05) is 37.3 Å². The highest BCUT2D eigenvalue weighted by molar-refractivity contribution is 6.30. The van der Waals surface area contributed by atoms with Crippen molar-refractivity contribution < 1.29 is 4.79 Å². The van der Waals surface area contributed by atoms with Gasteiger partial charge < -0.3 is 11.1 Å². The molecule has 0 aliphatic carbocycles. The highest BCUT2D eigenvalue weighted by atomic mass is 35.5. The average molecular weight is 367 g/mol. The van der Waals surface area contributed by atoms with E-state index < -0.39 is 0 Å². The summed E-state index contributed by atoms with van der Waals surface area (Å²) in [5.41, 5.74) is 10.9. The summed E-state index contributed by atoms with van der Waals surface area (Å²) in [6.45, 7) is 2.62. The van der Waals surface area contributed by atoms with Crippen molar-refractivity contribution >= 4 is 17.5 Å². The molecule has 26 heavy (non-hydrogen) atoms. The third-order valence-electron chi connectivity index (χ3n) is 3.94. The first-order valence-corrected chi connectivity index (χ1v) is 8.58. The Bertz CT molecular complexity index is 925. The van der Waals surface area contributed by atoms with Gasteiger partial charge >= 0.3 is 0 Å². The first kappa shape index (κ1) is 18.0. The molecule has 0 spiro atoms. The van der Waals surface area contributed by atoms with Gasteiger partial charge in [-0.3, -0.25) is 14.8 Å². The molecule has 0 saturated carbocycles. The van der Waals surface area contributed by atoms with Crippen molar-refractivity contribution in [3.8, 4) is 11.1 Å². The summed E-state index contributed by atoms with van der Waals surface area (Å²) in [5.74, 6) is -0.177. The first-order valence-electron chi connectivity index (χ1n) is 8.21. The van der Waals surface area contributed by atoms with Crippen LogP contribution in [-0.2, 0) is 13.1 Å². The molecular formula is C20H19ClN4O. The van der Waals surface area contributed by atoms with Gasteiger partial charge in [-0.2, -0.15) is 0 Å². The van der Waals surface area contributed by atoms with Gasteiger partial charge in [0, 0.05) is 30.2 Å². The predicted octanol–water partition coefficient (Wildman–Crippen LogP) is 3.49. The third-order valence-corrected chi connectivity index (χ3v) is 4.16. The van der Waals surface area contributed by atoms with E-state index in [0.29, 0.717) is 23.7 Å². The summed E-state index contributed by atoms with van der Waals surface area (Å²) in [4.78, 5) is 21.0. The molecule has 6 heteroatoms. The number of amides is 1. The van der Waals surface area contributed by atoms with Crippen molar-refractivity contribution in [2.75, 3.05) is 0 Å². The Morgan fingerprint density at radius 3 is 2.65 bits per heavy atom. The molecule has 2 heterocycles. The first-order chi connectivity index (χ1) is 12.5. The van der Waals surface area contributed by atoms with E-state index in [4.69, 9.17) is 17.3 Å². The molecule has 0 atom stereocenters. The van der Waals surface area contributed by atoms with Crippen LogP contribution in [0.25, 0.3) is 11.1 Å². The van der Waals surface area contributed by atoms with Crippen molar-refractivity contribution in [3.05, 3.63) is 82.4 Å². The van der Waals surface area contributed by atoms with E-state index in [1.54, 1.807) is 24.5 Å². The van der Waals surface area contributed by atoms with Crippen LogP contribution in [0, 0.1) is 6.92 Å². The fourth-order valence-electron chi connectivity index (χ4n) is 2.62. The molecule has 1 amide bonds. The number of carbonyl (C=O) groups excluding carboxylic acids is 1. The van der Waals surface area contributed by atoms with E-state index in [-0.39, 0.29) is 5.91 Å². The Morgan fingerprint density at radius 2 is 1.96 bits per heavy atom. The minimum atomic E-state index is -0.177. The molecule has 0 radical (unpaired) electrons. The molecule has 132 valence electrons. The number of carbonyl (C=O) groups is 1. The number of hydrogen-bond donors (Lipinski definition) is 2. The van der Waals surface area contributed by atoms with E-state index in [2.05, 4.69) is 15.3 Å². The monoisotopic (exact) mass is 366 g/mol. The van der Waals surface area contributed by atoms with Crippen molar-refractivity contribution in [2.24, 2.45) is 5.73 Å². The van der Waals surface area contributed by atoms with E-state index in [1.165, 1.54) is 0 Å². The number of nitrogens with one attached hydrogen (secondary N) is 1. The van der Waals surface area contributed by atoms with Gasteiger partial charge in [-0.25, -0.2) is 0 Å². The number of halogens is 1. The molecule has 3 aromatic rings. The van der Waals surface area contributed by atoms with Crippen LogP contribution in [0.4, 0.5) is 0 Å². The van der Waals surface area contributed by atoms with E-state index in [0.717, 1.165) is 28.1 Å². The van der Waals surface area contributed by atoms with Gasteiger partial charge in [0.25, 0.3) is 5.91 Å². The van der Waals surface area contributed by atoms with Crippen LogP contribution in [0.15, 0.2) is 54.9 Å². The fourth-order valence-corrected chi connectivity index (χ4v) is 2.73. The quantitative estimate of drug-likeness (QED) is 0.724. The molecule has 0 bridgehead atoms. The van der Waals surface area contributed by atoms with E-state index in [9.17, 15) is 4.79 Å². The van der Waals surface area contributed by atoms with Crippen LogP contribution in [-0.4, -0.2) is 15.9 Å². The zero-order valence-electron chi connectivity index (χ0n) is 14.4. The van der Waals surface area contributed by atoms with Gasteiger partial charge in [-0.1, -0.05) is 11.6 Å². The molecule has 0 fully saturated rings. The van der Waals surface area contributed by atoms with Crippen LogP contribution >= 0.6 is 11.6 Å². The number of nitrogens with two attached hydrogens (primary N) is 1. The Hall–Kier alpha value is -2.76. The fraction of sp³-hybridized carbons (Fsp3) is 0.150. The molecule has 2 aromatic heterocycles. The van der Waals surface area contributed by atoms with Crippen molar-refractivity contribution in [1.82, 2.24) is 15.3 Å². The minimum absolute atomic E-state index is 0.177. The van der Waals surface area contributed by atoms with Crippen molar-refractivity contribution in [2.45, 2.75) is 20.0 Å². The van der Waals surface area contributed by atoms with Crippen LogP contribution in [0.3, 0.4) is 0 Å². The molecule has 0 aliphatic heterocycles. The number of aryl methyl sites for hydroxylation is 1. The predicted molar refractivity (Wildman–Crippen MR) is 103 cm³/mol. The number of aromatic nitrogens is 2. The minimum Gasteiger partial charge on any atom is -0.346 e. The maximum absolute atomic E-state index is 12.6. The highest BCUT2D eigenvalue weighted by Gasteiger charge is 2.10. The SMILES string of the molecule is Cc1cc(-c2cc(CN)cc(C(=O)NCc3ccc(Cl)cn3)c2)ccn1. The van der Waals surface area contributed by atoms with E-state index >= 15 is 0 Å². The molecule has 3 N–H and O–H groups in total. The second kappa shape index (κ2) is 8.08. The Balaban J connectivity index is 1.83. The largest absolute Gasteiger partial charge is 0.346 e. The smallest absolute Gasteiger partial charge is 0.251 e. The van der Waals surface area contributed by atoms with Gasteiger partial charge in [-0.05, 0) is 66.1 Å². The number of benzene rings is 1. The van der Waals surface area contributed by atoms with Crippen LogP contribution in [0.1, 0.15) is 27.3 Å². The number of pyridine rings is 2. The maximum atomic E-state index is 12.6. The van der Waals surface area contributed by atoms with Crippen molar-refractivity contribution in [3.63, 3.8) is 0 Å². The van der Waals surface area contributed by atoms with Gasteiger partial charge in [0.2, 0.25) is 0 Å². The molecule has 3 rings (SSSR count). The summed E-state index contributed by atoms with van der Waals surface area (Å²) in [6.07, 6.45) is 3.31. The van der Waals surface area contributed by atoms with Crippen LogP contribution in [0.2, 0.25) is 5.02 Å². The summed E-state index contributed by atoms with van der Waals surface area (Å²) in [5, 5.41) is 3.44. The normalized spacial score (nSPS) is 10.6. The highest BCUT2D eigenvalue weighted by Crippen LogP contribution is 2.23. The van der Waals surface area contributed by atoms with Gasteiger partial charge in [0.1, 0.15) is 0 Å². The summed E-state index contributed by atoms with van der Waals surface area (Å²) in [7, 11) is 0. The lowest BCUT2D eigenvalue weighted by Gasteiger charge is -2.10. The number of hydrogen-bond acceptors (Lipinski definition) is 4. The van der Waals surface area contributed by atoms with Gasteiger partial charge in [-0.15, -0.1) is 0 Å². The lowest BCUT2D eigenvalue weighted by atomic mass is 9.99. The Morgan fingerprint density at radius 1 is 1.12 bits per heavy atom. The standard InChI is InChI=1S/C20H19ClN4O/c1-13-6-15(4-5-23-13)16-7-14(10-22)8-17(9-16)20(26)25-12-19-3-2-18(21)11-24-19/h2-9,11H,10,12,22H2,1H3,(H,25,26). The Labute approximate surface area is 157 Å². The number of rotatable bonds is 5. The molecule has 0 aliphatic rings. The summed E-state index contributed by atoms with van der Waals surface area (Å²) in [6, 6.07) is 13.1. The molecular weight excluding hydrogens is 348 g/mol. The lowest BCUT2D eigenvalue weighted by molar-refractivity contribution is 0.0950. The second-order valence-corrected chi connectivity index (χ2v) is 6.40. The second-order valence-electron chi connectivity index (χ2n) is 5.96.